The Labute approximate surface area is 212 Å². The van der Waals surface area contributed by atoms with Gasteiger partial charge in [-0.25, -0.2) is 9.98 Å². The number of hydrogen-bond donors (Lipinski definition) is 2. The zero-order valence-electron chi connectivity index (χ0n) is 19.2. The number of aromatic nitrogens is 4. The predicted molar refractivity (Wildman–Crippen MR) is 145 cm³/mol. The van der Waals surface area contributed by atoms with Crippen LogP contribution in [0.4, 0.5) is 0 Å². The van der Waals surface area contributed by atoms with Gasteiger partial charge in [0.25, 0.3) is 0 Å². The van der Waals surface area contributed by atoms with Gasteiger partial charge in [-0.3, -0.25) is 4.68 Å². The normalized spacial score (nSPS) is 11.4. The molecule has 0 radical (unpaired) electrons. The molecule has 0 saturated heterocycles. The van der Waals surface area contributed by atoms with Crippen molar-refractivity contribution in [3.05, 3.63) is 83.9 Å². The van der Waals surface area contributed by atoms with Gasteiger partial charge in [0.1, 0.15) is 5.82 Å². The van der Waals surface area contributed by atoms with Crippen LogP contribution in [0.1, 0.15) is 30.3 Å². The molecule has 8 heteroatoms. The van der Waals surface area contributed by atoms with Crippen LogP contribution in [-0.4, -0.2) is 38.4 Å². The van der Waals surface area contributed by atoms with Gasteiger partial charge < -0.3 is 15.2 Å². The maximum Gasteiger partial charge on any atom is 0.191 e. The van der Waals surface area contributed by atoms with Gasteiger partial charge in [0, 0.05) is 32.0 Å². The number of guanidine groups is 1. The summed E-state index contributed by atoms with van der Waals surface area (Å²) in [6.45, 7) is 8.16. The molecule has 0 aliphatic heterocycles. The van der Waals surface area contributed by atoms with Gasteiger partial charge >= 0.3 is 0 Å². The summed E-state index contributed by atoms with van der Waals surface area (Å²) in [5, 5.41) is 11.1. The SMILES string of the molecule is CCNC(=NCc1cccc(Cn2cccn2)c1)NCCCn1c(C)nc2ccccc21.I. The molecular formula is C25H32IN7. The molecule has 0 amide bonds. The molecule has 0 aliphatic rings. The number of para-hydroxylation sites is 2. The second-order valence-corrected chi connectivity index (χ2v) is 7.80. The number of fused-ring (bicyclic) bond motifs is 1. The molecule has 0 unspecified atom stereocenters. The number of nitrogens with one attached hydrogen (secondary N) is 2. The van der Waals surface area contributed by atoms with Gasteiger partial charge in [-0.1, -0.05) is 36.4 Å². The minimum atomic E-state index is 0. The quantitative estimate of drug-likeness (QED) is 0.139. The van der Waals surface area contributed by atoms with Crippen LogP contribution in [-0.2, 0) is 19.6 Å². The van der Waals surface area contributed by atoms with E-state index in [1.807, 2.05) is 23.0 Å². The van der Waals surface area contributed by atoms with Crippen LogP contribution < -0.4 is 10.6 Å². The van der Waals surface area contributed by atoms with Crippen molar-refractivity contribution >= 4 is 41.0 Å². The Morgan fingerprint density at radius 3 is 2.70 bits per heavy atom. The van der Waals surface area contributed by atoms with Gasteiger partial charge in [-0.2, -0.15) is 5.10 Å². The van der Waals surface area contributed by atoms with Crippen LogP contribution in [0, 0.1) is 6.92 Å². The number of benzene rings is 2. The monoisotopic (exact) mass is 557 g/mol. The Morgan fingerprint density at radius 2 is 1.88 bits per heavy atom. The molecule has 4 aromatic rings. The van der Waals surface area contributed by atoms with Gasteiger partial charge in [-0.15, -0.1) is 24.0 Å². The second-order valence-electron chi connectivity index (χ2n) is 7.80. The van der Waals surface area contributed by atoms with Crippen molar-refractivity contribution in [2.45, 2.75) is 39.9 Å². The molecule has 2 aromatic heterocycles. The molecule has 4 rings (SSSR count). The van der Waals surface area contributed by atoms with Crippen LogP contribution in [0.2, 0.25) is 0 Å². The number of hydrogen-bond acceptors (Lipinski definition) is 3. The molecule has 0 bridgehead atoms. The molecule has 2 N–H and O–H groups in total. The standard InChI is InChI=1S/C25H31N7.HI/c1-3-26-25(27-13-7-16-32-20(2)30-23-11-4-5-12-24(23)32)28-18-21-9-6-10-22(17-21)19-31-15-8-14-29-31;/h4-6,8-12,14-15,17H,3,7,13,16,18-19H2,1-2H3,(H2,26,27,28);1H. The molecular weight excluding hydrogens is 525 g/mol. The molecule has 174 valence electrons. The fraction of sp³-hybridized carbons (Fsp3) is 0.320. The Morgan fingerprint density at radius 1 is 1.03 bits per heavy atom. The van der Waals surface area contributed by atoms with Gasteiger partial charge in [-0.05, 0) is 49.6 Å². The van der Waals surface area contributed by atoms with Crippen LogP contribution in [0.3, 0.4) is 0 Å². The maximum absolute atomic E-state index is 4.78. The highest BCUT2D eigenvalue weighted by molar-refractivity contribution is 14.0. The van der Waals surface area contributed by atoms with E-state index in [0.29, 0.717) is 6.54 Å². The summed E-state index contributed by atoms with van der Waals surface area (Å²) in [5.41, 5.74) is 4.66. The highest BCUT2D eigenvalue weighted by Gasteiger charge is 2.06. The third-order valence-corrected chi connectivity index (χ3v) is 5.36. The Hall–Kier alpha value is -2.88. The fourth-order valence-corrected chi connectivity index (χ4v) is 3.84. The van der Waals surface area contributed by atoms with Gasteiger partial charge in [0.2, 0.25) is 0 Å². The molecule has 0 atom stereocenters. The highest BCUT2D eigenvalue weighted by Crippen LogP contribution is 2.15. The summed E-state index contributed by atoms with van der Waals surface area (Å²) in [6.07, 6.45) is 4.77. The van der Waals surface area contributed by atoms with Crippen LogP contribution in [0.5, 0.6) is 0 Å². The molecule has 7 nitrogen and oxygen atoms in total. The topological polar surface area (TPSA) is 72.1 Å². The third kappa shape index (κ3) is 6.80. The zero-order valence-corrected chi connectivity index (χ0v) is 21.6. The molecule has 0 fully saturated rings. The van der Waals surface area contributed by atoms with E-state index in [1.54, 1.807) is 6.20 Å². The summed E-state index contributed by atoms with van der Waals surface area (Å²) < 4.78 is 4.21. The van der Waals surface area contributed by atoms with Gasteiger partial charge in [0.05, 0.1) is 24.1 Å². The summed E-state index contributed by atoms with van der Waals surface area (Å²) in [7, 11) is 0. The average molecular weight is 557 g/mol. The van der Waals surface area contributed by atoms with E-state index in [-0.39, 0.29) is 24.0 Å². The second kappa shape index (κ2) is 12.4. The van der Waals surface area contributed by atoms with Crippen molar-refractivity contribution in [2.75, 3.05) is 13.1 Å². The number of imidazole rings is 1. The number of halogens is 1. The molecule has 0 saturated carbocycles. The number of aryl methyl sites for hydroxylation is 2. The number of nitrogens with zero attached hydrogens (tertiary/aromatic N) is 5. The summed E-state index contributed by atoms with van der Waals surface area (Å²) in [6, 6.07) is 18.8. The minimum Gasteiger partial charge on any atom is -0.357 e. The zero-order chi connectivity index (χ0) is 22.2. The van der Waals surface area contributed by atoms with E-state index in [1.165, 1.54) is 16.6 Å². The van der Waals surface area contributed by atoms with Gasteiger partial charge in [0.15, 0.2) is 5.96 Å². The third-order valence-electron chi connectivity index (χ3n) is 5.36. The fourth-order valence-electron chi connectivity index (χ4n) is 3.84. The number of aliphatic imine (C=N–C) groups is 1. The molecule has 0 spiro atoms. The van der Waals surface area contributed by atoms with Crippen LogP contribution >= 0.6 is 24.0 Å². The first-order valence-corrected chi connectivity index (χ1v) is 11.2. The highest BCUT2D eigenvalue weighted by atomic mass is 127. The van der Waals surface area contributed by atoms with E-state index in [0.717, 1.165) is 49.9 Å². The van der Waals surface area contributed by atoms with E-state index in [9.17, 15) is 0 Å². The summed E-state index contributed by atoms with van der Waals surface area (Å²) in [5.74, 6) is 1.90. The molecule has 2 heterocycles. The Balaban J connectivity index is 0.00000306. The first kappa shape index (κ1) is 24.8. The molecule has 33 heavy (non-hydrogen) atoms. The summed E-state index contributed by atoms with van der Waals surface area (Å²) >= 11 is 0. The van der Waals surface area contributed by atoms with Crippen LogP contribution in [0.15, 0.2) is 72.0 Å². The van der Waals surface area contributed by atoms with Crippen LogP contribution in [0.25, 0.3) is 11.0 Å². The van der Waals surface area contributed by atoms with E-state index < -0.39 is 0 Å². The Kier molecular flexibility index (Phi) is 9.29. The van der Waals surface area contributed by atoms with Crippen molar-refractivity contribution in [3.8, 4) is 0 Å². The Bertz CT molecular complexity index is 1160. The lowest BCUT2D eigenvalue weighted by Gasteiger charge is -2.12. The van der Waals surface area contributed by atoms with Crippen molar-refractivity contribution in [1.29, 1.82) is 0 Å². The molecule has 2 aromatic carbocycles. The van der Waals surface area contributed by atoms with Crippen molar-refractivity contribution in [3.63, 3.8) is 0 Å². The van der Waals surface area contributed by atoms with E-state index in [2.05, 4.69) is 81.6 Å². The van der Waals surface area contributed by atoms with E-state index in [4.69, 9.17) is 4.99 Å². The largest absolute Gasteiger partial charge is 0.357 e. The van der Waals surface area contributed by atoms with Crippen molar-refractivity contribution < 1.29 is 0 Å². The lowest BCUT2D eigenvalue weighted by atomic mass is 10.1. The average Bonchev–Trinajstić information content (AvgIpc) is 3.42. The van der Waals surface area contributed by atoms with E-state index >= 15 is 0 Å². The first-order valence-electron chi connectivity index (χ1n) is 11.2. The first-order chi connectivity index (χ1) is 15.7. The maximum atomic E-state index is 4.78. The number of rotatable bonds is 9. The minimum absolute atomic E-state index is 0. The van der Waals surface area contributed by atoms with Crippen molar-refractivity contribution in [2.24, 2.45) is 4.99 Å². The predicted octanol–water partition coefficient (Wildman–Crippen LogP) is 4.35. The smallest absolute Gasteiger partial charge is 0.191 e. The summed E-state index contributed by atoms with van der Waals surface area (Å²) in [4.78, 5) is 9.43. The lowest BCUT2D eigenvalue weighted by Crippen LogP contribution is -2.38. The van der Waals surface area contributed by atoms with Crippen molar-refractivity contribution in [1.82, 2.24) is 30.0 Å². The lowest BCUT2D eigenvalue weighted by molar-refractivity contribution is 0.624. The molecule has 0 aliphatic carbocycles.